The van der Waals surface area contributed by atoms with E-state index in [1.165, 1.54) is 11.8 Å². The quantitative estimate of drug-likeness (QED) is 0.720. The van der Waals surface area contributed by atoms with Crippen molar-refractivity contribution in [2.45, 2.75) is 83.4 Å². The number of nitrogens with zero attached hydrogens (tertiary/aromatic N) is 2. The Morgan fingerprint density at radius 2 is 1.90 bits per heavy atom. The predicted octanol–water partition coefficient (Wildman–Crippen LogP) is 3.75. The van der Waals surface area contributed by atoms with Gasteiger partial charge >= 0.3 is 6.18 Å². The lowest BCUT2D eigenvalue weighted by Crippen LogP contribution is -2.65. The van der Waals surface area contributed by atoms with E-state index in [-0.39, 0.29) is 25.5 Å². The molecule has 0 aromatic heterocycles. The number of hydrogen-bond acceptors (Lipinski definition) is 3. The van der Waals surface area contributed by atoms with Gasteiger partial charge in [-0.3, -0.25) is 9.59 Å². The van der Waals surface area contributed by atoms with E-state index in [1.807, 2.05) is 0 Å². The summed E-state index contributed by atoms with van der Waals surface area (Å²) in [6, 6.07) is 0. The minimum absolute atomic E-state index is 0.0759. The van der Waals surface area contributed by atoms with Gasteiger partial charge in [-0.2, -0.15) is 13.2 Å². The maximum atomic E-state index is 12.8. The van der Waals surface area contributed by atoms with Crippen LogP contribution in [0.4, 0.5) is 13.2 Å². The Hall–Kier alpha value is -1.31. The molecular weight excluding hydrogens is 397 g/mol. The summed E-state index contributed by atoms with van der Waals surface area (Å²) < 4.78 is 38.3. The Labute approximate surface area is 177 Å². The number of likely N-dealkylation sites (tertiary alicyclic amines) is 2. The van der Waals surface area contributed by atoms with Crippen molar-refractivity contribution in [3.05, 3.63) is 0 Å². The molecule has 172 valence electrons. The summed E-state index contributed by atoms with van der Waals surface area (Å²) in [5, 5.41) is 11.7. The first-order valence-electron chi connectivity index (χ1n) is 11.3. The molecule has 0 radical (unpaired) electrons. The van der Waals surface area contributed by atoms with Crippen LogP contribution in [0.15, 0.2) is 0 Å². The van der Waals surface area contributed by atoms with Crippen LogP contribution in [0.1, 0.15) is 71.6 Å². The number of aliphatic hydroxyl groups is 1. The van der Waals surface area contributed by atoms with E-state index in [0.29, 0.717) is 25.3 Å². The van der Waals surface area contributed by atoms with Crippen LogP contribution < -0.4 is 0 Å². The Morgan fingerprint density at radius 3 is 2.47 bits per heavy atom. The van der Waals surface area contributed by atoms with Crippen molar-refractivity contribution in [3.63, 3.8) is 0 Å². The van der Waals surface area contributed by atoms with Crippen molar-refractivity contribution in [3.8, 4) is 0 Å². The lowest BCUT2D eigenvalue weighted by molar-refractivity contribution is -0.176. The van der Waals surface area contributed by atoms with Crippen LogP contribution in [0.3, 0.4) is 0 Å². The van der Waals surface area contributed by atoms with Crippen molar-refractivity contribution < 1.29 is 27.9 Å². The van der Waals surface area contributed by atoms with Crippen molar-refractivity contribution in [2.24, 2.45) is 17.3 Å². The first-order chi connectivity index (χ1) is 14.0. The number of halogens is 3. The summed E-state index contributed by atoms with van der Waals surface area (Å²) in [4.78, 5) is 28.6. The van der Waals surface area contributed by atoms with Gasteiger partial charge in [0.05, 0.1) is 18.6 Å². The fraction of sp³-hybridized carbons (Fsp3) is 0.909. The molecule has 3 rings (SSSR count). The molecule has 2 amide bonds. The Balaban J connectivity index is 1.72. The van der Waals surface area contributed by atoms with Gasteiger partial charge < -0.3 is 14.9 Å². The number of amides is 2. The van der Waals surface area contributed by atoms with Gasteiger partial charge in [-0.05, 0) is 31.6 Å². The van der Waals surface area contributed by atoms with Crippen molar-refractivity contribution in [1.82, 2.24) is 9.80 Å². The molecule has 8 heteroatoms. The van der Waals surface area contributed by atoms with Gasteiger partial charge in [-0.25, -0.2) is 0 Å². The van der Waals surface area contributed by atoms with Crippen LogP contribution in [0.25, 0.3) is 0 Å². The lowest BCUT2D eigenvalue weighted by Gasteiger charge is -2.54. The maximum Gasteiger partial charge on any atom is 0.389 e. The van der Waals surface area contributed by atoms with E-state index < -0.39 is 35.4 Å². The van der Waals surface area contributed by atoms with Gasteiger partial charge in [0.1, 0.15) is 0 Å². The second-order valence-electron chi connectivity index (χ2n) is 9.83. The van der Waals surface area contributed by atoms with Crippen LogP contribution in [-0.2, 0) is 9.59 Å². The summed E-state index contributed by atoms with van der Waals surface area (Å²) in [5.41, 5.74) is -1.64. The molecule has 3 fully saturated rings. The molecule has 0 aromatic carbocycles. The molecule has 3 aliphatic rings. The molecule has 2 saturated heterocycles. The number of hydrogen-bond donors (Lipinski definition) is 1. The number of carbonyl (C=O) groups is 2. The highest BCUT2D eigenvalue weighted by Gasteiger charge is 2.56. The van der Waals surface area contributed by atoms with Gasteiger partial charge in [0.15, 0.2) is 0 Å². The standard InChI is InChI=1S/C22H35F3N2O3/c1-3-17-6-10-26(18(28)12-17)15-21(30)9-11-27(14-20(21)7-4-5-8-20)19(29)16(2)13-22(23,24)25/h16-17,30H,3-15H2,1-2H3/t16-,17?,21?/m1/s1. The highest BCUT2D eigenvalue weighted by molar-refractivity contribution is 5.79. The zero-order chi connectivity index (χ0) is 22.2. The van der Waals surface area contributed by atoms with Gasteiger partial charge in [-0.15, -0.1) is 0 Å². The fourth-order valence-electron chi connectivity index (χ4n) is 5.81. The number of carbonyl (C=O) groups excluding carboxylic acids is 2. The maximum absolute atomic E-state index is 12.8. The fourth-order valence-corrected chi connectivity index (χ4v) is 5.81. The zero-order valence-corrected chi connectivity index (χ0v) is 18.1. The number of β-amino-alcohol motifs (C(OH)–C–C–N with tert-alkyl or cyclic N) is 1. The molecule has 0 bridgehead atoms. The second-order valence-corrected chi connectivity index (χ2v) is 9.83. The number of rotatable bonds is 5. The van der Waals surface area contributed by atoms with E-state index in [1.54, 1.807) is 4.90 Å². The highest BCUT2D eigenvalue weighted by Crippen LogP contribution is 2.51. The molecule has 2 heterocycles. The molecule has 1 aliphatic carbocycles. The van der Waals surface area contributed by atoms with Crippen molar-refractivity contribution in [2.75, 3.05) is 26.2 Å². The minimum Gasteiger partial charge on any atom is -0.387 e. The summed E-state index contributed by atoms with van der Waals surface area (Å²) in [6.45, 7) is 4.84. The SMILES string of the molecule is CCC1CCN(CC2(O)CCN(C(=O)[C@H](C)CC(F)(F)F)CC23CCCC3)C(=O)C1. The normalized spacial score (nSPS) is 30.7. The largest absolute Gasteiger partial charge is 0.389 e. The smallest absolute Gasteiger partial charge is 0.387 e. The minimum atomic E-state index is -4.37. The van der Waals surface area contributed by atoms with Crippen molar-refractivity contribution >= 4 is 11.8 Å². The van der Waals surface area contributed by atoms with Crippen LogP contribution in [0, 0.1) is 17.3 Å². The molecule has 3 atom stereocenters. The van der Waals surface area contributed by atoms with Crippen LogP contribution in [-0.4, -0.2) is 64.7 Å². The van der Waals surface area contributed by atoms with Crippen LogP contribution >= 0.6 is 0 Å². The number of alkyl halides is 3. The molecule has 1 saturated carbocycles. The van der Waals surface area contributed by atoms with E-state index in [9.17, 15) is 27.9 Å². The van der Waals surface area contributed by atoms with Crippen LogP contribution in [0.2, 0.25) is 0 Å². The number of piperidine rings is 2. The van der Waals surface area contributed by atoms with Gasteiger partial charge in [0.2, 0.25) is 11.8 Å². The molecule has 5 nitrogen and oxygen atoms in total. The molecule has 2 aliphatic heterocycles. The van der Waals surface area contributed by atoms with Gasteiger partial charge in [-0.1, -0.05) is 33.1 Å². The summed E-state index contributed by atoms with van der Waals surface area (Å²) in [6.07, 6.45) is 0.551. The van der Waals surface area contributed by atoms with E-state index >= 15 is 0 Å². The molecule has 2 unspecified atom stereocenters. The second kappa shape index (κ2) is 8.67. The third kappa shape index (κ3) is 4.78. The average molecular weight is 433 g/mol. The zero-order valence-electron chi connectivity index (χ0n) is 18.1. The molecular formula is C22H35F3N2O3. The third-order valence-corrected chi connectivity index (χ3v) is 7.76. The van der Waals surface area contributed by atoms with Crippen molar-refractivity contribution in [1.29, 1.82) is 0 Å². The average Bonchev–Trinajstić information content (AvgIpc) is 3.14. The first-order valence-corrected chi connectivity index (χ1v) is 11.3. The van der Waals surface area contributed by atoms with E-state index in [4.69, 9.17) is 0 Å². The summed E-state index contributed by atoms with van der Waals surface area (Å²) >= 11 is 0. The topological polar surface area (TPSA) is 60.9 Å². The Morgan fingerprint density at radius 1 is 1.23 bits per heavy atom. The van der Waals surface area contributed by atoms with E-state index in [2.05, 4.69) is 6.92 Å². The lowest BCUT2D eigenvalue weighted by atomic mass is 9.65. The highest BCUT2D eigenvalue weighted by atomic mass is 19.4. The van der Waals surface area contributed by atoms with Crippen LogP contribution in [0.5, 0.6) is 0 Å². The Bertz CT molecular complexity index is 648. The van der Waals surface area contributed by atoms with Gasteiger partial charge in [0.25, 0.3) is 0 Å². The van der Waals surface area contributed by atoms with Gasteiger partial charge in [0, 0.05) is 37.4 Å². The first kappa shape index (κ1) is 23.4. The Kier molecular flexibility index (Phi) is 6.75. The predicted molar refractivity (Wildman–Crippen MR) is 106 cm³/mol. The molecule has 1 spiro atoms. The molecule has 1 N–H and O–H groups in total. The monoisotopic (exact) mass is 432 g/mol. The molecule has 30 heavy (non-hydrogen) atoms. The summed E-state index contributed by atoms with van der Waals surface area (Å²) in [7, 11) is 0. The third-order valence-electron chi connectivity index (χ3n) is 7.76. The van der Waals surface area contributed by atoms with E-state index in [0.717, 1.165) is 38.5 Å². The summed E-state index contributed by atoms with van der Waals surface area (Å²) in [5.74, 6) is -1.13. The molecule has 0 aromatic rings.